The number of benzene rings is 2. The lowest BCUT2D eigenvalue weighted by Crippen LogP contribution is -2.31. The summed E-state index contributed by atoms with van der Waals surface area (Å²) in [5.74, 6) is -0.775. The van der Waals surface area contributed by atoms with Crippen LogP contribution in [0.5, 0.6) is 5.75 Å². The average molecular weight is 471 g/mol. The molecule has 3 aromatic rings. The van der Waals surface area contributed by atoms with E-state index >= 15 is 0 Å². The Hall–Kier alpha value is -4.51. The minimum atomic E-state index is -1.01. The molecule has 8 nitrogen and oxygen atoms in total. The van der Waals surface area contributed by atoms with Crippen molar-refractivity contribution in [3.8, 4) is 11.8 Å². The summed E-state index contributed by atoms with van der Waals surface area (Å²) in [5, 5.41) is 13.5. The van der Waals surface area contributed by atoms with E-state index < -0.39 is 17.4 Å². The van der Waals surface area contributed by atoms with Crippen molar-refractivity contribution in [3.63, 3.8) is 0 Å². The highest BCUT2D eigenvalue weighted by Crippen LogP contribution is 2.39. The van der Waals surface area contributed by atoms with E-state index in [-0.39, 0.29) is 28.4 Å². The molecule has 1 aliphatic heterocycles. The number of pyridine rings is 1. The van der Waals surface area contributed by atoms with Crippen LogP contribution in [-0.4, -0.2) is 17.5 Å². The third-order valence-electron chi connectivity index (χ3n) is 5.95. The molecule has 2 aromatic carbocycles. The lowest BCUT2D eigenvalue weighted by Gasteiger charge is -2.27. The van der Waals surface area contributed by atoms with Crippen LogP contribution in [0.25, 0.3) is 10.9 Å². The molecular formula is C27H26N4O4. The van der Waals surface area contributed by atoms with Crippen molar-refractivity contribution in [2.24, 2.45) is 5.73 Å². The number of nitrogens with one attached hydrogen (secondary N) is 2. The quantitative estimate of drug-likeness (QED) is 0.511. The summed E-state index contributed by atoms with van der Waals surface area (Å²) in [5.41, 5.74) is 9.10. The van der Waals surface area contributed by atoms with E-state index in [1.807, 2.05) is 45.0 Å². The second-order valence-corrected chi connectivity index (χ2v) is 8.40. The number of fused-ring (bicyclic) bond motifs is 1. The van der Waals surface area contributed by atoms with Crippen LogP contribution in [0.1, 0.15) is 36.5 Å². The van der Waals surface area contributed by atoms with Crippen molar-refractivity contribution < 1.29 is 14.3 Å². The number of H-pyrrole nitrogens is 1. The van der Waals surface area contributed by atoms with Crippen LogP contribution < -0.4 is 21.3 Å². The summed E-state index contributed by atoms with van der Waals surface area (Å²) < 4.78 is 11.1. The van der Waals surface area contributed by atoms with Crippen molar-refractivity contribution in [2.75, 3.05) is 11.9 Å². The number of anilines is 1. The monoisotopic (exact) mass is 470 g/mol. The zero-order valence-electron chi connectivity index (χ0n) is 20.0. The SMILES string of the molecule is CCOc1ccc2[nH]c(=O)c(C3C(C#N)=C(N)OC(C)=C3C(=O)Nc3ccc(C)cc3C)cc2c1. The minimum absolute atomic E-state index is 0.00723. The predicted octanol–water partition coefficient (Wildman–Crippen LogP) is 4.26. The van der Waals surface area contributed by atoms with Gasteiger partial charge in [0.15, 0.2) is 0 Å². The topological polar surface area (TPSA) is 130 Å². The number of aromatic nitrogens is 1. The van der Waals surface area contributed by atoms with Crippen molar-refractivity contribution in [3.05, 3.63) is 92.3 Å². The molecule has 0 aliphatic carbocycles. The number of hydrogen-bond donors (Lipinski definition) is 3. The first-order chi connectivity index (χ1) is 16.7. The van der Waals surface area contributed by atoms with Crippen LogP contribution >= 0.6 is 0 Å². The Morgan fingerprint density at radius 1 is 1.20 bits per heavy atom. The number of allylic oxidation sites excluding steroid dienone is 2. The van der Waals surface area contributed by atoms with Gasteiger partial charge in [-0.1, -0.05) is 17.7 Å². The molecule has 0 radical (unpaired) electrons. The molecule has 1 aliphatic rings. The Labute approximate surface area is 202 Å². The lowest BCUT2D eigenvalue weighted by atomic mass is 9.82. The fourth-order valence-electron chi connectivity index (χ4n) is 4.30. The van der Waals surface area contributed by atoms with E-state index in [4.69, 9.17) is 15.2 Å². The normalized spacial score (nSPS) is 15.6. The Balaban J connectivity index is 1.86. The van der Waals surface area contributed by atoms with E-state index in [0.29, 0.717) is 28.9 Å². The summed E-state index contributed by atoms with van der Waals surface area (Å²) in [4.78, 5) is 29.6. The molecule has 0 saturated carbocycles. The van der Waals surface area contributed by atoms with Gasteiger partial charge in [0.25, 0.3) is 11.5 Å². The third-order valence-corrected chi connectivity index (χ3v) is 5.95. The largest absolute Gasteiger partial charge is 0.494 e. The highest BCUT2D eigenvalue weighted by molar-refractivity contribution is 6.06. The first-order valence-electron chi connectivity index (χ1n) is 11.2. The fraction of sp³-hybridized carbons (Fsp3) is 0.222. The summed E-state index contributed by atoms with van der Waals surface area (Å²) in [7, 11) is 0. The molecule has 178 valence electrons. The van der Waals surface area contributed by atoms with Gasteiger partial charge in [0.2, 0.25) is 5.88 Å². The predicted molar refractivity (Wildman–Crippen MR) is 134 cm³/mol. The average Bonchev–Trinajstić information content (AvgIpc) is 2.80. The number of rotatable bonds is 5. The van der Waals surface area contributed by atoms with Crippen LogP contribution in [0.2, 0.25) is 0 Å². The molecule has 1 aromatic heterocycles. The second kappa shape index (κ2) is 9.39. The lowest BCUT2D eigenvalue weighted by molar-refractivity contribution is -0.113. The molecule has 35 heavy (non-hydrogen) atoms. The van der Waals surface area contributed by atoms with Gasteiger partial charge in [0, 0.05) is 22.2 Å². The van der Waals surface area contributed by atoms with Crippen LogP contribution in [0, 0.1) is 25.2 Å². The summed E-state index contributed by atoms with van der Waals surface area (Å²) in [6.07, 6.45) is 0. The highest BCUT2D eigenvalue weighted by atomic mass is 16.5. The first kappa shape index (κ1) is 23.6. The number of nitrogens with zero attached hydrogens (tertiary/aromatic N) is 1. The Kier molecular flexibility index (Phi) is 6.34. The molecule has 4 rings (SSSR count). The Morgan fingerprint density at radius 3 is 2.66 bits per heavy atom. The number of carbonyl (C=O) groups is 1. The minimum Gasteiger partial charge on any atom is -0.494 e. The van der Waals surface area contributed by atoms with Gasteiger partial charge in [-0.2, -0.15) is 5.26 Å². The van der Waals surface area contributed by atoms with E-state index in [1.54, 1.807) is 31.2 Å². The van der Waals surface area contributed by atoms with Gasteiger partial charge in [-0.15, -0.1) is 0 Å². The van der Waals surface area contributed by atoms with E-state index in [2.05, 4.69) is 10.3 Å². The zero-order valence-corrected chi connectivity index (χ0v) is 20.0. The van der Waals surface area contributed by atoms with Crippen molar-refractivity contribution in [2.45, 2.75) is 33.6 Å². The highest BCUT2D eigenvalue weighted by Gasteiger charge is 2.37. The molecule has 1 amide bonds. The molecule has 1 unspecified atom stereocenters. The van der Waals surface area contributed by atoms with Crippen LogP contribution in [0.4, 0.5) is 5.69 Å². The standard InChI is InChI=1S/C27H26N4O4/c1-5-34-18-7-9-22-17(11-18)12-19(26(32)31-22)24-20(13-28)25(29)35-16(4)23(24)27(33)30-21-8-6-14(2)10-15(21)3/h6-12,24H,5,29H2,1-4H3,(H,30,33)(H,31,32). The van der Waals surface area contributed by atoms with Gasteiger partial charge in [-0.3, -0.25) is 9.59 Å². The Morgan fingerprint density at radius 2 is 1.97 bits per heavy atom. The maximum absolute atomic E-state index is 13.5. The van der Waals surface area contributed by atoms with E-state index in [9.17, 15) is 14.9 Å². The zero-order chi connectivity index (χ0) is 25.3. The Bertz CT molecular complexity index is 1510. The van der Waals surface area contributed by atoms with Gasteiger partial charge in [-0.25, -0.2) is 0 Å². The van der Waals surface area contributed by atoms with Crippen LogP contribution in [-0.2, 0) is 9.53 Å². The maximum atomic E-state index is 13.5. The first-order valence-corrected chi connectivity index (χ1v) is 11.2. The molecule has 4 N–H and O–H groups in total. The fourth-order valence-corrected chi connectivity index (χ4v) is 4.30. The van der Waals surface area contributed by atoms with Crippen molar-refractivity contribution >= 4 is 22.5 Å². The maximum Gasteiger partial charge on any atom is 0.256 e. The molecule has 0 fully saturated rings. The number of aromatic amines is 1. The number of amides is 1. The third kappa shape index (κ3) is 4.49. The van der Waals surface area contributed by atoms with Gasteiger partial charge < -0.3 is 25.5 Å². The van der Waals surface area contributed by atoms with Crippen LogP contribution in [0.15, 0.2) is 70.0 Å². The summed E-state index contributed by atoms with van der Waals surface area (Å²) in [6.45, 7) is 7.82. The van der Waals surface area contributed by atoms with Gasteiger partial charge >= 0.3 is 0 Å². The van der Waals surface area contributed by atoms with Crippen LogP contribution in [0.3, 0.4) is 0 Å². The van der Waals surface area contributed by atoms with Crippen molar-refractivity contribution in [1.29, 1.82) is 5.26 Å². The molecule has 2 heterocycles. The number of aryl methyl sites for hydroxylation is 2. The number of ether oxygens (including phenoxy) is 2. The summed E-state index contributed by atoms with van der Waals surface area (Å²) in [6, 6.07) is 14.7. The van der Waals surface area contributed by atoms with E-state index in [0.717, 1.165) is 11.1 Å². The number of hydrogen-bond acceptors (Lipinski definition) is 6. The molecule has 8 heteroatoms. The van der Waals surface area contributed by atoms with Gasteiger partial charge in [-0.05, 0) is 63.6 Å². The number of nitrogens with two attached hydrogens (primary N) is 1. The van der Waals surface area contributed by atoms with E-state index in [1.165, 1.54) is 0 Å². The smallest absolute Gasteiger partial charge is 0.256 e. The summed E-state index contributed by atoms with van der Waals surface area (Å²) >= 11 is 0. The molecule has 0 spiro atoms. The number of nitriles is 1. The molecular weight excluding hydrogens is 444 g/mol. The van der Waals surface area contributed by atoms with Crippen molar-refractivity contribution in [1.82, 2.24) is 4.98 Å². The molecule has 1 atom stereocenters. The van der Waals surface area contributed by atoms with Gasteiger partial charge in [0.1, 0.15) is 23.2 Å². The second-order valence-electron chi connectivity index (χ2n) is 8.40. The van der Waals surface area contributed by atoms with Gasteiger partial charge in [0.05, 0.1) is 18.1 Å². The number of carbonyl (C=O) groups excluding carboxylic acids is 1. The molecule has 0 saturated heterocycles. The molecule has 0 bridgehead atoms.